The molecular weight excluding hydrogens is 348 g/mol. The van der Waals surface area contributed by atoms with Gasteiger partial charge >= 0.3 is 0 Å². The van der Waals surface area contributed by atoms with E-state index in [1.807, 2.05) is 31.2 Å². The van der Waals surface area contributed by atoms with Gasteiger partial charge in [0.05, 0.1) is 29.8 Å². The summed E-state index contributed by atoms with van der Waals surface area (Å²) >= 11 is 0. The lowest BCUT2D eigenvalue weighted by Crippen LogP contribution is -2.06. The van der Waals surface area contributed by atoms with Crippen LogP contribution >= 0.6 is 0 Å². The average molecular weight is 372 g/mol. The van der Waals surface area contributed by atoms with E-state index in [1.165, 1.54) is 5.56 Å². The molecule has 0 aliphatic heterocycles. The fourth-order valence-corrected chi connectivity index (χ4v) is 2.83. The van der Waals surface area contributed by atoms with E-state index < -0.39 is 0 Å². The molecule has 0 spiro atoms. The number of rotatable bonds is 7. The van der Waals surface area contributed by atoms with Crippen LogP contribution in [0, 0.1) is 13.8 Å². The van der Waals surface area contributed by atoms with Crippen LogP contribution < -0.4 is 5.32 Å². The predicted octanol–water partition coefficient (Wildman–Crippen LogP) is 4.64. The lowest BCUT2D eigenvalue weighted by atomic mass is 10.0. The molecule has 142 valence electrons. The highest BCUT2D eigenvalue weighted by Gasteiger charge is 2.08. The van der Waals surface area contributed by atoms with Crippen LogP contribution in [0.4, 0.5) is 5.95 Å². The number of hydrogen-bond acceptors (Lipinski definition) is 5. The zero-order valence-corrected chi connectivity index (χ0v) is 16.4. The molecule has 0 aliphatic rings. The van der Waals surface area contributed by atoms with Gasteiger partial charge in [-0.3, -0.25) is 5.10 Å². The van der Waals surface area contributed by atoms with E-state index in [1.54, 1.807) is 12.3 Å². The second kappa shape index (κ2) is 8.90. The summed E-state index contributed by atoms with van der Waals surface area (Å²) in [5, 5.41) is 18.8. The molecule has 6 heteroatoms. The number of hydrogen-bond donors (Lipinski definition) is 2. The van der Waals surface area contributed by atoms with Crippen LogP contribution in [-0.4, -0.2) is 25.4 Å². The lowest BCUT2D eigenvalue weighted by molar-refractivity contribution is 0.921. The molecule has 2 heterocycles. The van der Waals surface area contributed by atoms with Gasteiger partial charge in [0, 0.05) is 11.1 Å². The quantitative estimate of drug-likeness (QED) is 0.591. The first kappa shape index (κ1) is 19.2. The van der Waals surface area contributed by atoms with Gasteiger partial charge in [-0.15, -0.1) is 5.10 Å². The number of allylic oxidation sites excluding steroid dienone is 5. The molecular formula is C22H24N6. The van der Waals surface area contributed by atoms with Gasteiger partial charge in [0.2, 0.25) is 5.95 Å². The molecule has 3 rings (SSSR count). The maximum Gasteiger partial charge on any atom is 0.243 e. The summed E-state index contributed by atoms with van der Waals surface area (Å²) in [4.78, 5) is 4.61. The molecule has 0 atom stereocenters. The van der Waals surface area contributed by atoms with E-state index in [-0.39, 0.29) is 0 Å². The molecule has 0 radical (unpaired) electrons. The molecule has 0 amide bonds. The molecule has 28 heavy (non-hydrogen) atoms. The van der Waals surface area contributed by atoms with Gasteiger partial charge in [-0.2, -0.15) is 10.2 Å². The highest BCUT2D eigenvalue weighted by molar-refractivity contribution is 5.72. The van der Waals surface area contributed by atoms with E-state index in [0.717, 1.165) is 33.8 Å². The second-order valence-electron chi connectivity index (χ2n) is 6.47. The van der Waals surface area contributed by atoms with E-state index in [4.69, 9.17) is 0 Å². The Labute approximate surface area is 165 Å². The molecule has 0 fully saturated rings. The molecule has 2 N–H and O–H groups in total. The van der Waals surface area contributed by atoms with Gasteiger partial charge < -0.3 is 5.32 Å². The number of aryl methyl sites for hydroxylation is 2. The minimum absolute atomic E-state index is 0.477. The first-order chi connectivity index (χ1) is 13.6. The van der Waals surface area contributed by atoms with Crippen molar-refractivity contribution in [2.75, 3.05) is 5.32 Å². The molecule has 0 unspecified atom stereocenters. The molecule has 0 bridgehead atoms. The van der Waals surface area contributed by atoms with Crippen molar-refractivity contribution in [2.24, 2.45) is 0 Å². The van der Waals surface area contributed by atoms with Gasteiger partial charge in [-0.25, -0.2) is 4.98 Å². The van der Waals surface area contributed by atoms with Gasteiger partial charge in [-0.05, 0) is 38.5 Å². The first-order valence-corrected chi connectivity index (χ1v) is 9.12. The third-order valence-corrected chi connectivity index (χ3v) is 4.24. The van der Waals surface area contributed by atoms with E-state index in [9.17, 15) is 0 Å². The van der Waals surface area contributed by atoms with Crippen molar-refractivity contribution in [2.45, 2.75) is 27.3 Å². The molecule has 3 aromatic rings. The number of anilines is 1. The molecule has 0 saturated heterocycles. The van der Waals surface area contributed by atoms with Gasteiger partial charge in [0.1, 0.15) is 0 Å². The summed E-state index contributed by atoms with van der Waals surface area (Å²) in [5.41, 5.74) is 6.98. The van der Waals surface area contributed by atoms with E-state index >= 15 is 0 Å². The molecule has 1 aromatic carbocycles. The first-order valence-electron chi connectivity index (χ1n) is 9.12. The van der Waals surface area contributed by atoms with Gasteiger partial charge in [-0.1, -0.05) is 48.6 Å². The number of aromatic nitrogens is 5. The highest BCUT2D eigenvalue weighted by atomic mass is 15.2. The van der Waals surface area contributed by atoms with Crippen LogP contribution in [0.5, 0.6) is 0 Å². The number of aromatic amines is 1. The van der Waals surface area contributed by atoms with E-state index in [0.29, 0.717) is 12.5 Å². The zero-order chi connectivity index (χ0) is 19.9. The Kier molecular flexibility index (Phi) is 6.11. The Balaban J connectivity index is 1.75. The van der Waals surface area contributed by atoms with Crippen molar-refractivity contribution in [1.29, 1.82) is 0 Å². The van der Waals surface area contributed by atoms with Crippen molar-refractivity contribution < 1.29 is 0 Å². The number of nitrogens with zero attached hydrogens (tertiary/aromatic N) is 4. The molecule has 2 aromatic heterocycles. The van der Waals surface area contributed by atoms with Crippen molar-refractivity contribution in [3.05, 3.63) is 83.9 Å². The standard InChI is InChI=1S/C22H24N6/c1-5-7-17(8-6-2)20-12-18(26-27-20)13-23-22-25-21(14-24-28-22)19-11-15(3)9-10-16(19)4/h5-12,14H,1,13H2,2-4H3,(H,26,27)(H,23,25,28). The SMILES string of the molecule is C=CC=C(C=CC)c1cc(CNc2nncc(-c3cc(C)ccc3C)n2)[nH]n1. The van der Waals surface area contributed by atoms with E-state index in [2.05, 4.69) is 69.3 Å². The van der Waals surface area contributed by atoms with Crippen LogP contribution in [0.3, 0.4) is 0 Å². The summed E-state index contributed by atoms with van der Waals surface area (Å²) in [6.07, 6.45) is 9.33. The number of H-pyrrole nitrogens is 1. The Hall–Kier alpha value is -3.54. The van der Waals surface area contributed by atoms with Crippen LogP contribution in [0.15, 0.2) is 61.3 Å². The van der Waals surface area contributed by atoms with Crippen molar-refractivity contribution in [1.82, 2.24) is 25.4 Å². The van der Waals surface area contributed by atoms with Crippen LogP contribution in [0.1, 0.15) is 29.4 Å². The largest absolute Gasteiger partial charge is 0.347 e. The summed E-state index contributed by atoms with van der Waals surface area (Å²) in [6, 6.07) is 8.28. The van der Waals surface area contributed by atoms with Crippen molar-refractivity contribution >= 4 is 11.5 Å². The fraction of sp³-hybridized carbons (Fsp3) is 0.182. The average Bonchev–Trinajstić information content (AvgIpc) is 3.17. The fourth-order valence-electron chi connectivity index (χ4n) is 2.83. The summed E-state index contributed by atoms with van der Waals surface area (Å²) in [5.74, 6) is 0.477. The molecule has 0 aliphatic carbocycles. The third-order valence-electron chi connectivity index (χ3n) is 4.24. The molecule has 6 nitrogen and oxygen atoms in total. The van der Waals surface area contributed by atoms with Crippen molar-refractivity contribution in [3.63, 3.8) is 0 Å². The predicted molar refractivity (Wildman–Crippen MR) is 114 cm³/mol. The summed E-state index contributed by atoms with van der Waals surface area (Å²) < 4.78 is 0. The lowest BCUT2D eigenvalue weighted by Gasteiger charge is -2.08. The maximum atomic E-state index is 4.61. The van der Waals surface area contributed by atoms with Gasteiger partial charge in [0.25, 0.3) is 0 Å². The maximum absolute atomic E-state index is 4.61. The smallest absolute Gasteiger partial charge is 0.243 e. The van der Waals surface area contributed by atoms with Crippen LogP contribution in [0.25, 0.3) is 16.8 Å². The Morgan fingerprint density at radius 3 is 2.89 bits per heavy atom. The molecule has 0 saturated carbocycles. The van der Waals surface area contributed by atoms with Crippen LogP contribution in [-0.2, 0) is 6.54 Å². The monoisotopic (exact) mass is 372 g/mol. The minimum atomic E-state index is 0.477. The zero-order valence-electron chi connectivity index (χ0n) is 16.4. The Morgan fingerprint density at radius 2 is 2.11 bits per heavy atom. The second-order valence-corrected chi connectivity index (χ2v) is 6.47. The summed E-state index contributed by atoms with van der Waals surface area (Å²) in [6.45, 7) is 10.4. The van der Waals surface area contributed by atoms with Crippen LogP contribution in [0.2, 0.25) is 0 Å². The summed E-state index contributed by atoms with van der Waals surface area (Å²) in [7, 11) is 0. The Morgan fingerprint density at radius 1 is 1.25 bits per heavy atom. The van der Waals surface area contributed by atoms with Gasteiger partial charge in [0.15, 0.2) is 0 Å². The topological polar surface area (TPSA) is 79.4 Å². The number of benzene rings is 1. The number of nitrogens with one attached hydrogen (secondary N) is 2. The third kappa shape index (κ3) is 4.59. The normalized spacial score (nSPS) is 11.8. The highest BCUT2D eigenvalue weighted by Crippen LogP contribution is 2.22. The Bertz CT molecular complexity index is 1030. The van der Waals surface area contributed by atoms with Crippen molar-refractivity contribution in [3.8, 4) is 11.3 Å². The minimum Gasteiger partial charge on any atom is -0.347 e.